The second-order valence-electron chi connectivity index (χ2n) is 6.66. The predicted octanol–water partition coefficient (Wildman–Crippen LogP) is 2.49. The number of benzene rings is 1. The molecule has 0 spiro atoms. The number of likely N-dealkylation sites (tertiary alicyclic amines) is 1. The molecule has 1 saturated heterocycles. The molecule has 0 saturated carbocycles. The van der Waals surface area contributed by atoms with Crippen LogP contribution in [0, 0.1) is 0 Å². The fourth-order valence-electron chi connectivity index (χ4n) is 2.58. The SMILES string of the molecule is CC(C)(C)OC(=O)N1CCCC(O)(c2cccc(N)c2)C1. The second-order valence-corrected chi connectivity index (χ2v) is 6.66. The summed E-state index contributed by atoms with van der Waals surface area (Å²) in [5.74, 6) is 0. The third-order valence-corrected chi connectivity index (χ3v) is 3.55. The summed E-state index contributed by atoms with van der Waals surface area (Å²) in [6.45, 7) is 6.32. The molecule has 1 aliphatic heterocycles. The number of β-amino-alcohol motifs (C(OH)–C–C–N with tert-alkyl or cyclic N) is 1. The van der Waals surface area contributed by atoms with Gasteiger partial charge in [-0.3, -0.25) is 0 Å². The van der Waals surface area contributed by atoms with Gasteiger partial charge in [-0.05, 0) is 51.3 Å². The average Bonchev–Trinajstić information content (AvgIpc) is 2.37. The molecule has 1 aromatic rings. The molecule has 1 atom stereocenters. The molecule has 1 aromatic carbocycles. The zero-order chi connectivity index (χ0) is 15.7. The van der Waals surface area contributed by atoms with Crippen molar-refractivity contribution in [2.75, 3.05) is 18.8 Å². The average molecular weight is 292 g/mol. The summed E-state index contributed by atoms with van der Waals surface area (Å²) >= 11 is 0. The standard InChI is InChI=1S/C16H24N2O3/c1-15(2,3)21-14(19)18-9-5-8-16(20,11-18)12-6-4-7-13(17)10-12/h4,6-7,10,20H,5,8-9,11,17H2,1-3H3. The first-order chi connectivity index (χ1) is 9.70. The molecular weight excluding hydrogens is 268 g/mol. The molecule has 0 bridgehead atoms. The van der Waals surface area contributed by atoms with Crippen LogP contribution in [0.5, 0.6) is 0 Å². The number of amides is 1. The van der Waals surface area contributed by atoms with Crippen molar-refractivity contribution in [2.24, 2.45) is 0 Å². The number of nitrogens with two attached hydrogens (primary N) is 1. The van der Waals surface area contributed by atoms with Crippen molar-refractivity contribution in [1.82, 2.24) is 4.90 Å². The van der Waals surface area contributed by atoms with Crippen molar-refractivity contribution in [2.45, 2.75) is 44.8 Å². The number of aliphatic hydroxyl groups is 1. The number of carbonyl (C=O) groups is 1. The lowest BCUT2D eigenvalue weighted by Gasteiger charge is -2.40. The van der Waals surface area contributed by atoms with Gasteiger partial charge in [0.1, 0.15) is 11.2 Å². The van der Waals surface area contributed by atoms with Crippen LogP contribution in [-0.4, -0.2) is 34.8 Å². The first-order valence-electron chi connectivity index (χ1n) is 7.26. The van der Waals surface area contributed by atoms with Crippen molar-refractivity contribution in [3.8, 4) is 0 Å². The minimum Gasteiger partial charge on any atom is -0.444 e. The summed E-state index contributed by atoms with van der Waals surface area (Å²) in [6.07, 6.45) is 0.949. The van der Waals surface area contributed by atoms with E-state index in [1.165, 1.54) is 0 Å². The quantitative estimate of drug-likeness (QED) is 0.780. The van der Waals surface area contributed by atoms with Gasteiger partial charge < -0.3 is 20.5 Å². The molecule has 0 aromatic heterocycles. The number of piperidine rings is 1. The third-order valence-electron chi connectivity index (χ3n) is 3.55. The van der Waals surface area contributed by atoms with Crippen LogP contribution >= 0.6 is 0 Å². The lowest BCUT2D eigenvalue weighted by molar-refractivity contribution is -0.0465. The zero-order valence-corrected chi connectivity index (χ0v) is 12.9. The minimum absolute atomic E-state index is 0.228. The molecule has 1 fully saturated rings. The van der Waals surface area contributed by atoms with Crippen LogP contribution in [0.3, 0.4) is 0 Å². The van der Waals surface area contributed by atoms with E-state index < -0.39 is 11.2 Å². The molecular formula is C16H24N2O3. The van der Waals surface area contributed by atoms with Crippen LogP contribution in [0.25, 0.3) is 0 Å². The van der Waals surface area contributed by atoms with E-state index in [-0.39, 0.29) is 12.6 Å². The van der Waals surface area contributed by atoms with Crippen molar-refractivity contribution in [1.29, 1.82) is 0 Å². The molecule has 21 heavy (non-hydrogen) atoms. The van der Waals surface area contributed by atoms with Crippen molar-refractivity contribution in [3.05, 3.63) is 29.8 Å². The monoisotopic (exact) mass is 292 g/mol. The van der Waals surface area contributed by atoms with Gasteiger partial charge in [0.05, 0.1) is 6.54 Å². The van der Waals surface area contributed by atoms with Gasteiger partial charge in [-0.15, -0.1) is 0 Å². The summed E-state index contributed by atoms with van der Waals surface area (Å²) in [4.78, 5) is 13.7. The number of hydrogen-bond donors (Lipinski definition) is 2. The smallest absolute Gasteiger partial charge is 0.410 e. The van der Waals surface area contributed by atoms with E-state index in [1.54, 1.807) is 17.0 Å². The highest BCUT2D eigenvalue weighted by Crippen LogP contribution is 2.32. The van der Waals surface area contributed by atoms with E-state index in [4.69, 9.17) is 10.5 Å². The maximum absolute atomic E-state index is 12.2. The highest BCUT2D eigenvalue weighted by molar-refractivity contribution is 5.68. The van der Waals surface area contributed by atoms with Gasteiger partial charge in [-0.1, -0.05) is 12.1 Å². The molecule has 1 heterocycles. The predicted molar refractivity (Wildman–Crippen MR) is 81.8 cm³/mol. The Labute approximate surface area is 125 Å². The van der Waals surface area contributed by atoms with Gasteiger partial charge in [0, 0.05) is 12.2 Å². The lowest BCUT2D eigenvalue weighted by atomic mass is 9.85. The molecule has 2 rings (SSSR count). The highest BCUT2D eigenvalue weighted by atomic mass is 16.6. The Balaban J connectivity index is 2.15. The number of ether oxygens (including phenoxy) is 1. The summed E-state index contributed by atoms with van der Waals surface area (Å²) < 4.78 is 5.38. The van der Waals surface area contributed by atoms with Crippen LogP contribution in [0.4, 0.5) is 10.5 Å². The molecule has 5 heteroatoms. The van der Waals surface area contributed by atoms with Gasteiger partial charge in [0.25, 0.3) is 0 Å². The minimum atomic E-state index is -1.06. The molecule has 0 radical (unpaired) electrons. The van der Waals surface area contributed by atoms with E-state index >= 15 is 0 Å². The van der Waals surface area contributed by atoms with Gasteiger partial charge in [-0.2, -0.15) is 0 Å². The van der Waals surface area contributed by atoms with Gasteiger partial charge >= 0.3 is 6.09 Å². The second kappa shape index (κ2) is 5.56. The Hall–Kier alpha value is -1.75. The number of carbonyl (C=O) groups excluding carboxylic acids is 1. The van der Waals surface area contributed by atoms with E-state index in [2.05, 4.69) is 0 Å². The highest BCUT2D eigenvalue weighted by Gasteiger charge is 2.38. The van der Waals surface area contributed by atoms with E-state index in [9.17, 15) is 9.90 Å². The van der Waals surface area contributed by atoms with Crippen molar-refractivity contribution >= 4 is 11.8 Å². The maximum atomic E-state index is 12.2. The summed E-state index contributed by atoms with van der Waals surface area (Å²) in [6, 6.07) is 7.20. The van der Waals surface area contributed by atoms with Gasteiger partial charge in [0.2, 0.25) is 0 Å². The molecule has 0 aliphatic carbocycles. The number of hydrogen-bond acceptors (Lipinski definition) is 4. The summed E-state index contributed by atoms with van der Waals surface area (Å²) in [5.41, 5.74) is 5.54. The van der Waals surface area contributed by atoms with Crippen molar-refractivity contribution < 1.29 is 14.6 Å². The summed E-state index contributed by atoms with van der Waals surface area (Å²) in [5, 5.41) is 10.9. The maximum Gasteiger partial charge on any atom is 0.410 e. The largest absolute Gasteiger partial charge is 0.444 e. The molecule has 1 amide bonds. The molecule has 116 valence electrons. The molecule has 1 aliphatic rings. The first kappa shape index (κ1) is 15.6. The Kier molecular flexibility index (Phi) is 4.14. The van der Waals surface area contributed by atoms with E-state index in [1.807, 2.05) is 32.9 Å². The number of anilines is 1. The van der Waals surface area contributed by atoms with E-state index in [0.717, 1.165) is 12.0 Å². The normalized spacial score (nSPS) is 23.0. The molecule has 5 nitrogen and oxygen atoms in total. The fraction of sp³-hybridized carbons (Fsp3) is 0.562. The van der Waals surface area contributed by atoms with Gasteiger partial charge in [0.15, 0.2) is 0 Å². The molecule has 3 N–H and O–H groups in total. The lowest BCUT2D eigenvalue weighted by Crippen LogP contribution is -2.49. The van der Waals surface area contributed by atoms with E-state index in [0.29, 0.717) is 18.7 Å². The Bertz CT molecular complexity index is 524. The zero-order valence-electron chi connectivity index (χ0n) is 12.9. The third kappa shape index (κ3) is 3.88. The number of rotatable bonds is 1. The van der Waals surface area contributed by atoms with Crippen molar-refractivity contribution in [3.63, 3.8) is 0 Å². The van der Waals surface area contributed by atoms with Crippen LogP contribution in [0.1, 0.15) is 39.2 Å². The Morgan fingerprint density at radius 2 is 2.14 bits per heavy atom. The first-order valence-corrected chi connectivity index (χ1v) is 7.26. The number of nitrogen functional groups attached to an aromatic ring is 1. The fourth-order valence-corrected chi connectivity index (χ4v) is 2.58. The Morgan fingerprint density at radius 3 is 2.76 bits per heavy atom. The molecule has 1 unspecified atom stereocenters. The van der Waals surface area contributed by atoms with Crippen LogP contribution in [0.15, 0.2) is 24.3 Å². The van der Waals surface area contributed by atoms with Crippen LogP contribution in [0.2, 0.25) is 0 Å². The van der Waals surface area contributed by atoms with Crippen LogP contribution in [-0.2, 0) is 10.3 Å². The topological polar surface area (TPSA) is 75.8 Å². The number of nitrogens with zero attached hydrogens (tertiary/aromatic N) is 1. The van der Waals surface area contributed by atoms with Crippen LogP contribution < -0.4 is 5.73 Å². The Morgan fingerprint density at radius 1 is 1.43 bits per heavy atom. The van der Waals surface area contributed by atoms with Gasteiger partial charge in [-0.25, -0.2) is 4.79 Å². The summed E-state index contributed by atoms with van der Waals surface area (Å²) in [7, 11) is 0.